The van der Waals surface area contributed by atoms with Crippen LogP contribution in [0, 0.1) is 0 Å². The number of amides is 1. The number of hydrogen-bond donors (Lipinski definition) is 2. The molecule has 0 saturated carbocycles. The largest absolute Gasteiger partial charge is 0.394 e. The fourth-order valence-corrected chi connectivity index (χ4v) is 2.26. The number of aliphatic hydroxyl groups excluding tert-OH is 1. The van der Waals surface area contributed by atoms with Gasteiger partial charge in [0, 0.05) is 0 Å². The van der Waals surface area contributed by atoms with E-state index in [0.29, 0.717) is 0 Å². The van der Waals surface area contributed by atoms with E-state index >= 15 is 0 Å². The predicted molar refractivity (Wildman–Crippen MR) is 72.0 cm³/mol. The van der Waals surface area contributed by atoms with Gasteiger partial charge in [-0.25, -0.2) is 0 Å². The highest BCUT2D eigenvalue weighted by molar-refractivity contribution is 7.99. The van der Waals surface area contributed by atoms with Gasteiger partial charge in [-0.05, 0) is 18.2 Å². The molecule has 0 unspecified atom stereocenters. The van der Waals surface area contributed by atoms with Crippen molar-refractivity contribution in [2.45, 2.75) is 24.6 Å². The molecule has 0 aliphatic rings. The third-order valence-electron chi connectivity index (χ3n) is 2.65. The Morgan fingerprint density at radius 3 is 2.53 bits per heavy atom. The standard InChI is InChI=1S/C13H19NO2S/c1-3-12(17-2)13(16)14-11(9-15)10-7-5-4-6-8-10/h4-8,11-12,15H,3,9H2,1-2H3,(H,14,16)/t11-,12-/m1/s1. The zero-order valence-corrected chi connectivity index (χ0v) is 11.0. The first kappa shape index (κ1) is 14.1. The molecule has 0 aliphatic carbocycles. The molecule has 0 aliphatic heterocycles. The van der Waals surface area contributed by atoms with Crippen molar-refractivity contribution in [2.75, 3.05) is 12.9 Å². The van der Waals surface area contributed by atoms with Crippen LogP contribution in [0.4, 0.5) is 0 Å². The zero-order chi connectivity index (χ0) is 12.7. The van der Waals surface area contributed by atoms with Gasteiger partial charge < -0.3 is 10.4 Å². The monoisotopic (exact) mass is 253 g/mol. The molecule has 1 aromatic rings. The lowest BCUT2D eigenvalue weighted by Crippen LogP contribution is -2.36. The minimum absolute atomic E-state index is 0.0112. The Labute approximate surface area is 107 Å². The molecule has 1 amide bonds. The first-order valence-electron chi connectivity index (χ1n) is 5.71. The summed E-state index contributed by atoms with van der Waals surface area (Å²) in [5.74, 6) is -0.0112. The molecule has 3 nitrogen and oxygen atoms in total. The van der Waals surface area contributed by atoms with Crippen LogP contribution in [-0.4, -0.2) is 29.1 Å². The van der Waals surface area contributed by atoms with Gasteiger partial charge >= 0.3 is 0 Å². The SMILES string of the molecule is CC[C@@H](SC)C(=O)N[C@H](CO)c1ccccc1. The first-order chi connectivity index (χ1) is 8.22. The van der Waals surface area contributed by atoms with Crippen LogP contribution < -0.4 is 5.32 Å². The fourth-order valence-electron chi connectivity index (χ4n) is 1.64. The van der Waals surface area contributed by atoms with Gasteiger partial charge in [0.1, 0.15) is 0 Å². The molecule has 0 saturated heterocycles. The van der Waals surface area contributed by atoms with Crippen LogP contribution in [0.25, 0.3) is 0 Å². The van der Waals surface area contributed by atoms with Gasteiger partial charge in [0.25, 0.3) is 0 Å². The van der Waals surface area contributed by atoms with Gasteiger partial charge in [-0.1, -0.05) is 37.3 Å². The fraction of sp³-hybridized carbons (Fsp3) is 0.462. The van der Waals surface area contributed by atoms with Crippen molar-refractivity contribution in [1.82, 2.24) is 5.32 Å². The number of aliphatic hydroxyl groups is 1. The molecule has 0 spiro atoms. The van der Waals surface area contributed by atoms with E-state index < -0.39 is 0 Å². The van der Waals surface area contributed by atoms with Gasteiger partial charge in [-0.2, -0.15) is 11.8 Å². The van der Waals surface area contributed by atoms with E-state index in [1.54, 1.807) is 0 Å². The maximum absolute atomic E-state index is 11.9. The molecule has 2 N–H and O–H groups in total. The van der Waals surface area contributed by atoms with Gasteiger partial charge in [0.15, 0.2) is 0 Å². The molecule has 4 heteroatoms. The van der Waals surface area contributed by atoms with E-state index in [2.05, 4.69) is 5.32 Å². The number of benzene rings is 1. The highest BCUT2D eigenvalue weighted by Gasteiger charge is 2.19. The Balaban J connectivity index is 2.68. The quantitative estimate of drug-likeness (QED) is 0.815. The van der Waals surface area contributed by atoms with Crippen molar-refractivity contribution >= 4 is 17.7 Å². The van der Waals surface area contributed by atoms with Gasteiger partial charge in [0.05, 0.1) is 17.9 Å². The molecule has 0 aromatic heterocycles. The van der Waals surface area contributed by atoms with Crippen LogP contribution >= 0.6 is 11.8 Å². The molecule has 0 radical (unpaired) electrons. The van der Waals surface area contributed by atoms with Gasteiger partial charge in [0.2, 0.25) is 5.91 Å². The van der Waals surface area contributed by atoms with Crippen molar-refractivity contribution in [2.24, 2.45) is 0 Å². The molecule has 1 rings (SSSR count). The average Bonchev–Trinajstić information content (AvgIpc) is 2.38. The van der Waals surface area contributed by atoms with Crippen LogP contribution in [0.3, 0.4) is 0 Å². The number of carbonyl (C=O) groups excluding carboxylic acids is 1. The number of nitrogens with one attached hydrogen (secondary N) is 1. The summed E-state index contributed by atoms with van der Waals surface area (Å²) in [5.41, 5.74) is 0.930. The molecule has 0 fully saturated rings. The second kappa shape index (κ2) is 7.35. The van der Waals surface area contributed by atoms with Crippen LogP contribution in [0.15, 0.2) is 30.3 Å². The normalized spacial score (nSPS) is 14.1. The smallest absolute Gasteiger partial charge is 0.233 e. The molecule has 94 valence electrons. The number of hydrogen-bond acceptors (Lipinski definition) is 3. The topological polar surface area (TPSA) is 49.3 Å². The average molecular weight is 253 g/mol. The second-order valence-electron chi connectivity index (χ2n) is 3.79. The first-order valence-corrected chi connectivity index (χ1v) is 7.00. The van der Waals surface area contributed by atoms with Crippen molar-refractivity contribution in [3.63, 3.8) is 0 Å². The molecule has 2 atom stereocenters. The molecule has 0 bridgehead atoms. The zero-order valence-electron chi connectivity index (χ0n) is 10.2. The summed E-state index contributed by atoms with van der Waals surface area (Å²) in [6, 6.07) is 9.20. The summed E-state index contributed by atoms with van der Waals surface area (Å²) in [6.45, 7) is 1.90. The van der Waals surface area contributed by atoms with E-state index in [1.807, 2.05) is 43.5 Å². The Hall–Kier alpha value is -1.00. The highest BCUT2D eigenvalue weighted by atomic mass is 32.2. The summed E-state index contributed by atoms with van der Waals surface area (Å²) in [5, 5.41) is 12.2. The number of thioether (sulfide) groups is 1. The Bertz CT molecular complexity index is 339. The lowest BCUT2D eigenvalue weighted by molar-refractivity contribution is -0.121. The van der Waals surface area contributed by atoms with Crippen molar-refractivity contribution in [3.05, 3.63) is 35.9 Å². The van der Waals surface area contributed by atoms with Gasteiger partial charge in [-0.15, -0.1) is 0 Å². The molecule has 17 heavy (non-hydrogen) atoms. The molecular formula is C13H19NO2S. The molecular weight excluding hydrogens is 234 g/mol. The number of carbonyl (C=O) groups is 1. The summed E-state index contributed by atoms with van der Waals surface area (Å²) in [7, 11) is 0. The lowest BCUT2D eigenvalue weighted by atomic mass is 10.1. The third-order valence-corrected chi connectivity index (χ3v) is 3.77. The van der Waals surface area contributed by atoms with E-state index in [9.17, 15) is 9.90 Å². The molecule has 0 heterocycles. The van der Waals surface area contributed by atoms with Crippen molar-refractivity contribution in [3.8, 4) is 0 Å². The van der Waals surface area contributed by atoms with E-state index in [-0.39, 0.29) is 23.8 Å². The van der Waals surface area contributed by atoms with Crippen LogP contribution in [-0.2, 0) is 4.79 Å². The maximum Gasteiger partial charge on any atom is 0.233 e. The Morgan fingerprint density at radius 2 is 2.06 bits per heavy atom. The van der Waals surface area contributed by atoms with Crippen molar-refractivity contribution < 1.29 is 9.90 Å². The lowest BCUT2D eigenvalue weighted by Gasteiger charge is -2.20. The summed E-state index contributed by atoms with van der Waals surface area (Å²) < 4.78 is 0. The molecule has 1 aromatic carbocycles. The van der Waals surface area contributed by atoms with Gasteiger partial charge in [-0.3, -0.25) is 4.79 Å². The van der Waals surface area contributed by atoms with Crippen molar-refractivity contribution in [1.29, 1.82) is 0 Å². The summed E-state index contributed by atoms with van der Waals surface area (Å²) in [4.78, 5) is 11.9. The van der Waals surface area contributed by atoms with Crippen LogP contribution in [0.1, 0.15) is 24.9 Å². The van der Waals surface area contributed by atoms with E-state index in [0.717, 1.165) is 12.0 Å². The van der Waals surface area contributed by atoms with Crippen LogP contribution in [0.5, 0.6) is 0 Å². The Morgan fingerprint density at radius 1 is 1.41 bits per heavy atom. The predicted octanol–water partition coefficient (Wildman–Crippen LogP) is 1.98. The second-order valence-corrected chi connectivity index (χ2v) is 4.83. The maximum atomic E-state index is 11.9. The number of rotatable bonds is 6. The van der Waals surface area contributed by atoms with E-state index in [1.165, 1.54) is 11.8 Å². The minimum Gasteiger partial charge on any atom is -0.394 e. The Kier molecular flexibility index (Phi) is 6.08. The highest BCUT2D eigenvalue weighted by Crippen LogP contribution is 2.15. The van der Waals surface area contributed by atoms with Crippen LogP contribution in [0.2, 0.25) is 0 Å². The minimum atomic E-state index is -0.315. The third kappa shape index (κ3) is 4.06. The summed E-state index contributed by atoms with van der Waals surface area (Å²) in [6.07, 6.45) is 2.71. The van der Waals surface area contributed by atoms with E-state index in [4.69, 9.17) is 0 Å². The summed E-state index contributed by atoms with van der Waals surface area (Å²) >= 11 is 1.53.